The normalized spacial score (nSPS) is 14.6. The van der Waals surface area contributed by atoms with Gasteiger partial charge in [0.2, 0.25) is 0 Å². The smallest absolute Gasteiger partial charge is 0.155 e. The summed E-state index contributed by atoms with van der Waals surface area (Å²) in [5.41, 5.74) is 0. The van der Waals surface area contributed by atoms with Gasteiger partial charge in [-0.05, 0) is 18.2 Å². The van der Waals surface area contributed by atoms with Crippen LogP contribution in [0.3, 0.4) is 0 Å². The lowest BCUT2D eigenvalue weighted by atomic mass is 10.3. The van der Waals surface area contributed by atoms with Crippen molar-refractivity contribution < 1.29 is 4.84 Å². The van der Waals surface area contributed by atoms with Crippen LogP contribution in [0.5, 0.6) is 5.75 Å². The van der Waals surface area contributed by atoms with E-state index in [1.807, 2.05) is 30.3 Å². The third-order valence-electron chi connectivity index (χ3n) is 1.58. The van der Waals surface area contributed by atoms with Gasteiger partial charge in [-0.3, -0.25) is 4.99 Å². The molecule has 0 bridgehead atoms. The predicted octanol–water partition coefficient (Wildman–Crippen LogP) is 1.72. The Morgan fingerprint density at radius 3 is 2.85 bits per heavy atom. The van der Waals surface area contributed by atoms with Gasteiger partial charge in [-0.15, -0.1) is 0 Å². The molecule has 0 spiro atoms. The Kier molecular flexibility index (Phi) is 2.27. The molecule has 65 valence electrons. The number of hydrogen-bond acceptors (Lipinski definition) is 3. The van der Waals surface area contributed by atoms with E-state index in [4.69, 9.17) is 4.84 Å². The van der Waals surface area contributed by atoms with Crippen LogP contribution < -0.4 is 4.84 Å². The third-order valence-corrected chi connectivity index (χ3v) is 1.58. The van der Waals surface area contributed by atoms with Crippen LogP contribution in [0.1, 0.15) is 0 Å². The fraction of sp³-hybridized carbons (Fsp3) is 0.100. The minimum absolute atomic E-state index is 0.491. The molecule has 3 heteroatoms. The van der Waals surface area contributed by atoms with Crippen molar-refractivity contribution in [2.24, 2.45) is 4.99 Å². The molecule has 1 aliphatic heterocycles. The molecule has 3 nitrogen and oxygen atoms in total. The highest BCUT2D eigenvalue weighted by atomic mass is 16.7. The second-order valence-electron chi connectivity index (χ2n) is 2.57. The van der Waals surface area contributed by atoms with Crippen molar-refractivity contribution in [1.29, 1.82) is 0 Å². The summed E-state index contributed by atoms with van der Waals surface area (Å²) in [6, 6.07) is 9.60. The predicted molar refractivity (Wildman–Crippen MR) is 50.4 cm³/mol. The number of allylic oxidation sites excluding steroid dienone is 1. The van der Waals surface area contributed by atoms with E-state index in [-0.39, 0.29) is 0 Å². The maximum absolute atomic E-state index is 5.47. The van der Waals surface area contributed by atoms with Gasteiger partial charge in [0.25, 0.3) is 0 Å². The summed E-state index contributed by atoms with van der Waals surface area (Å²) in [5.74, 6) is 0.809. The Hall–Kier alpha value is -1.77. The standard InChI is InChI=1S/C10H9N2O/c1-2-5-10(6-3-1)13-12-8-4-7-11-9-12/h1-6,8H,9H2. The van der Waals surface area contributed by atoms with Crippen molar-refractivity contribution >= 4 is 6.21 Å². The van der Waals surface area contributed by atoms with Crippen molar-refractivity contribution in [2.45, 2.75) is 0 Å². The molecule has 2 rings (SSSR count). The van der Waals surface area contributed by atoms with Crippen molar-refractivity contribution in [3.05, 3.63) is 42.6 Å². The van der Waals surface area contributed by atoms with E-state index in [0.717, 1.165) is 5.75 Å². The topological polar surface area (TPSA) is 24.8 Å². The first kappa shape index (κ1) is 7.86. The average Bonchev–Trinajstić information content (AvgIpc) is 2.21. The van der Waals surface area contributed by atoms with E-state index < -0.39 is 0 Å². The van der Waals surface area contributed by atoms with Crippen molar-refractivity contribution in [3.8, 4) is 5.75 Å². The Bertz CT molecular complexity index is 319. The van der Waals surface area contributed by atoms with E-state index >= 15 is 0 Å². The number of hydrogen-bond donors (Lipinski definition) is 0. The van der Waals surface area contributed by atoms with Crippen LogP contribution in [-0.4, -0.2) is 17.9 Å². The van der Waals surface area contributed by atoms with Crippen molar-refractivity contribution in [1.82, 2.24) is 5.06 Å². The molecule has 0 amide bonds. The largest absolute Gasteiger partial charge is 0.378 e. The molecule has 13 heavy (non-hydrogen) atoms. The average molecular weight is 173 g/mol. The van der Waals surface area contributed by atoms with Gasteiger partial charge in [0.15, 0.2) is 5.75 Å². The molecule has 0 fully saturated rings. The van der Waals surface area contributed by atoms with Gasteiger partial charge in [-0.25, -0.2) is 0 Å². The molecule has 0 atom stereocenters. The first-order valence-corrected chi connectivity index (χ1v) is 4.03. The van der Waals surface area contributed by atoms with Crippen molar-refractivity contribution in [2.75, 3.05) is 6.67 Å². The first-order chi connectivity index (χ1) is 6.45. The molecule has 0 aliphatic carbocycles. The second-order valence-corrected chi connectivity index (χ2v) is 2.57. The maximum atomic E-state index is 5.47. The van der Waals surface area contributed by atoms with E-state index in [0.29, 0.717) is 6.67 Å². The van der Waals surface area contributed by atoms with Gasteiger partial charge in [0.05, 0.1) is 6.21 Å². The number of aliphatic imine (C=N–C) groups is 1. The molecular weight excluding hydrogens is 164 g/mol. The zero-order valence-corrected chi connectivity index (χ0v) is 7.05. The molecule has 1 aromatic carbocycles. The Morgan fingerprint density at radius 1 is 1.31 bits per heavy atom. The van der Waals surface area contributed by atoms with Crippen LogP contribution in [-0.2, 0) is 0 Å². The van der Waals surface area contributed by atoms with Crippen LogP contribution in [0.4, 0.5) is 0 Å². The van der Waals surface area contributed by atoms with Gasteiger partial charge >= 0.3 is 0 Å². The Labute approximate surface area is 76.9 Å². The van der Waals surface area contributed by atoms with E-state index in [2.05, 4.69) is 11.2 Å². The van der Waals surface area contributed by atoms with Gasteiger partial charge in [-0.2, -0.15) is 5.06 Å². The van der Waals surface area contributed by atoms with Crippen LogP contribution in [0.15, 0.2) is 47.6 Å². The molecule has 0 saturated heterocycles. The fourth-order valence-electron chi connectivity index (χ4n) is 1.00. The maximum Gasteiger partial charge on any atom is 0.155 e. The van der Waals surface area contributed by atoms with E-state index in [1.165, 1.54) is 0 Å². The zero-order valence-electron chi connectivity index (χ0n) is 7.05. The number of benzene rings is 1. The summed E-state index contributed by atoms with van der Waals surface area (Å²) < 4.78 is 0. The summed E-state index contributed by atoms with van der Waals surface area (Å²) in [7, 11) is 0. The molecule has 0 N–H and O–H groups in total. The van der Waals surface area contributed by atoms with Crippen LogP contribution in [0.2, 0.25) is 0 Å². The quantitative estimate of drug-likeness (QED) is 0.680. The highest BCUT2D eigenvalue weighted by Crippen LogP contribution is 2.11. The first-order valence-electron chi connectivity index (χ1n) is 4.03. The van der Waals surface area contributed by atoms with Crippen LogP contribution in [0.25, 0.3) is 0 Å². The number of para-hydroxylation sites is 1. The third kappa shape index (κ3) is 2.08. The molecule has 1 aliphatic rings. The summed E-state index contributed by atoms with van der Waals surface area (Å²) in [4.78, 5) is 9.39. The van der Waals surface area contributed by atoms with E-state index in [9.17, 15) is 0 Å². The molecule has 1 heterocycles. The summed E-state index contributed by atoms with van der Waals surface area (Å²) >= 11 is 0. The zero-order chi connectivity index (χ0) is 8.93. The van der Waals surface area contributed by atoms with Crippen LogP contribution >= 0.6 is 0 Å². The highest BCUT2D eigenvalue weighted by molar-refractivity contribution is 5.71. The SMILES string of the molecule is [C]1=NCN(Oc2ccccc2)C=C1. The van der Waals surface area contributed by atoms with Gasteiger partial charge in [0.1, 0.15) is 6.67 Å². The van der Waals surface area contributed by atoms with Gasteiger partial charge < -0.3 is 4.84 Å². The summed E-state index contributed by atoms with van der Waals surface area (Å²) in [6.07, 6.45) is 6.23. The van der Waals surface area contributed by atoms with Gasteiger partial charge in [0, 0.05) is 6.20 Å². The number of hydroxylamine groups is 2. The lowest BCUT2D eigenvalue weighted by molar-refractivity contribution is -0.00503. The lowest BCUT2D eigenvalue weighted by Gasteiger charge is -2.19. The molecule has 1 aromatic rings. The number of rotatable bonds is 2. The van der Waals surface area contributed by atoms with Crippen LogP contribution in [0, 0.1) is 0 Å². The second kappa shape index (κ2) is 3.76. The molecular formula is C10H9N2O. The minimum atomic E-state index is 0.491. The van der Waals surface area contributed by atoms with E-state index in [1.54, 1.807) is 17.3 Å². The fourth-order valence-corrected chi connectivity index (χ4v) is 1.00. The molecule has 0 saturated carbocycles. The Morgan fingerprint density at radius 2 is 2.15 bits per heavy atom. The summed E-state index contributed by atoms with van der Waals surface area (Å²) in [6.45, 7) is 0.491. The minimum Gasteiger partial charge on any atom is -0.378 e. The molecule has 0 aromatic heterocycles. The lowest BCUT2D eigenvalue weighted by Crippen LogP contribution is -2.23. The molecule has 0 unspecified atom stereocenters. The highest BCUT2D eigenvalue weighted by Gasteiger charge is 2.01. The summed E-state index contributed by atoms with van der Waals surface area (Å²) in [5, 5.41) is 1.64. The van der Waals surface area contributed by atoms with Gasteiger partial charge in [-0.1, -0.05) is 18.2 Å². The number of nitrogens with zero attached hydrogens (tertiary/aromatic N) is 2. The Balaban J connectivity index is 1.99. The monoisotopic (exact) mass is 173 g/mol. The van der Waals surface area contributed by atoms with Crippen molar-refractivity contribution in [3.63, 3.8) is 0 Å². The molecule has 1 radical (unpaired) electrons.